The van der Waals surface area contributed by atoms with Gasteiger partial charge in [-0.3, -0.25) is 0 Å². The van der Waals surface area contributed by atoms with Gasteiger partial charge in [-0.25, -0.2) is 0 Å². The van der Waals surface area contributed by atoms with Gasteiger partial charge in [-0.2, -0.15) is 0 Å². The summed E-state index contributed by atoms with van der Waals surface area (Å²) in [6.45, 7) is 0. The molecule has 276 valence electrons. The van der Waals surface area contributed by atoms with Crippen LogP contribution in [0.1, 0.15) is 0 Å². The molecule has 3 heteroatoms. The first-order valence-corrected chi connectivity index (χ1v) is 20.1. The number of para-hydroxylation sites is 3. The highest BCUT2D eigenvalue weighted by Crippen LogP contribution is 2.47. The number of anilines is 3. The maximum atomic E-state index is 7.05. The number of nitrogens with zero attached hydrogens (tertiary/aromatic N) is 1. The Bertz CT molecular complexity index is 3550. The molecular weight excluding hydrogens is 719 g/mol. The molecule has 0 aliphatic heterocycles. The highest BCUT2D eigenvalue weighted by atomic mass is 16.3. The summed E-state index contributed by atoms with van der Waals surface area (Å²) in [5.41, 5.74) is 13.4. The number of benzene rings is 10. The number of furan rings is 2. The minimum atomic E-state index is 0.840. The van der Waals surface area contributed by atoms with Crippen molar-refractivity contribution in [2.24, 2.45) is 0 Å². The van der Waals surface area contributed by atoms with Crippen molar-refractivity contribution >= 4 is 82.5 Å². The van der Waals surface area contributed by atoms with Crippen molar-refractivity contribution in [3.05, 3.63) is 212 Å². The van der Waals surface area contributed by atoms with Gasteiger partial charge in [-0.15, -0.1) is 0 Å². The van der Waals surface area contributed by atoms with E-state index < -0.39 is 0 Å². The van der Waals surface area contributed by atoms with E-state index in [0.717, 1.165) is 88.6 Å². The average molecular weight is 754 g/mol. The molecule has 0 radical (unpaired) electrons. The predicted octanol–water partition coefficient (Wildman–Crippen LogP) is 16.3. The molecule has 0 atom stereocenters. The van der Waals surface area contributed by atoms with Crippen LogP contribution in [-0.4, -0.2) is 0 Å². The van der Waals surface area contributed by atoms with E-state index in [1.165, 1.54) is 27.3 Å². The summed E-state index contributed by atoms with van der Waals surface area (Å²) in [6, 6.07) is 75.7. The lowest BCUT2D eigenvalue weighted by atomic mass is 9.93. The molecule has 2 aromatic heterocycles. The summed E-state index contributed by atoms with van der Waals surface area (Å²) < 4.78 is 13.3. The molecule has 0 aliphatic carbocycles. The van der Waals surface area contributed by atoms with E-state index in [0.29, 0.717) is 0 Å². The molecule has 2 heterocycles. The largest absolute Gasteiger partial charge is 0.456 e. The summed E-state index contributed by atoms with van der Waals surface area (Å²) in [7, 11) is 0. The van der Waals surface area contributed by atoms with E-state index >= 15 is 0 Å². The van der Waals surface area contributed by atoms with Crippen molar-refractivity contribution in [1.29, 1.82) is 0 Å². The fourth-order valence-electron chi connectivity index (χ4n) is 9.12. The second-order valence-electron chi connectivity index (χ2n) is 15.2. The molecule has 0 saturated carbocycles. The van der Waals surface area contributed by atoms with Gasteiger partial charge < -0.3 is 13.7 Å². The van der Waals surface area contributed by atoms with Crippen molar-refractivity contribution < 1.29 is 8.83 Å². The first-order valence-electron chi connectivity index (χ1n) is 20.1. The first-order chi connectivity index (χ1) is 29.3. The maximum absolute atomic E-state index is 7.05. The second-order valence-corrected chi connectivity index (χ2v) is 15.2. The lowest BCUT2D eigenvalue weighted by Gasteiger charge is -2.28. The second kappa shape index (κ2) is 13.4. The van der Waals surface area contributed by atoms with Crippen molar-refractivity contribution in [3.63, 3.8) is 0 Å². The Morgan fingerprint density at radius 3 is 1.76 bits per heavy atom. The zero-order valence-electron chi connectivity index (χ0n) is 32.0. The van der Waals surface area contributed by atoms with Crippen LogP contribution in [0.25, 0.3) is 98.8 Å². The van der Waals surface area contributed by atoms with Crippen LogP contribution in [0.3, 0.4) is 0 Å². The van der Waals surface area contributed by atoms with Crippen LogP contribution >= 0.6 is 0 Å². The molecule has 0 N–H and O–H groups in total. The lowest BCUT2D eigenvalue weighted by Crippen LogP contribution is -2.11. The maximum Gasteiger partial charge on any atom is 0.159 e. The van der Waals surface area contributed by atoms with Crippen molar-refractivity contribution in [2.45, 2.75) is 0 Å². The van der Waals surface area contributed by atoms with Crippen LogP contribution in [0.5, 0.6) is 0 Å². The molecule has 12 aromatic rings. The molecule has 59 heavy (non-hydrogen) atoms. The molecule has 0 fully saturated rings. The fourth-order valence-corrected chi connectivity index (χ4v) is 9.12. The van der Waals surface area contributed by atoms with Crippen molar-refractivity contribution in [2.75, 3.05) is 4.90 Å². The molecule has 0 saturated heterocycles. The van der Waals surface area contributed by atoms with Gasteiger partial charge in [0.1, 0.15) is 16.7 Å². The molecule has 0 amide bonds. The summed E-state index contributed by atoms with van der Waals surface area (Å²) >= 11 is 0. The monoisotopic (exact) mass is 753 g/mol. The van der Waals surface area contributed by atoms with Crippen LogP contribution in [-0.2, 0) is 0 Å². The highest BCUT2D eigenvalue weighted by Gasteiger charge is 2.23. The Labute approximate surface area is 340 Å². The smallest absolute Gasteiger partial charge is 0.159 e. The normalized spacial score (nSPS) is 11.7. The molecule has 0 bridgehead atoms. The standard InChI is InChI=1S/C56H35NO2/c1-2-13-38(14-3-1)42-21-11-23-49-50-24-12-25-52(56(50)59-55(42)49)57(40-30-27-36(28-31-40)39-29-32-48-47-20-8-9-26-53(47)58-54(48)35-39)51-34-33-45(44-18-6-7-19-46(44)51)43-22-10-16-37-15-4-5-17-41(37)43/h1-35H. The van der Waals surface area contributed by atoms with Gasteiger partial charge in [0.2, 0.25) is 0 Å². The van der Waals surface area contributed by atoms with E-state index in [9.17, 15) is 0 Å². The first kappa shape index (κ1) is 33.3. The van der Waals surface area contributed by atoms with E-state index in [4.69, 9.17) is 8.83 Å². The van der Waals surface area contributed by atoms with Crippen molar-refractivity contribution in [3.8, 4) is 33.4 Å². The van der Waals surface area contributed by atoms with Gasteiger partial charge in [0.15, 0.2) is 5.58 Å². The zero-order valence-corrected chi connectivity index (χ0v) is 32.0. The van der Waals surface area contributed by atoms with E-state index in [-0.39, 0.29) is 0 Å². The van der Waals surface area contributed by atoms with E-state index in [1.807, 2.05) is 12.1 Å². The van der Waals surface area contributed by atoms with Gasteiger partial charge in [0.25, 0.3) is 0 Å². The number of hydrogen-bond acceptors (Lipinski definition) is 3. The SMILES string of the molecule is c1ccc(-c2cccc3c2oc2c(N(c4ccc(-c5ccc6c(c5)oc5ccccc56)cc4)c4ccc(-c5cccc6ccccc56)c5ccccc45)cccc23)cc1. The van der Waals surface area contributed by atoms with Gasteiger partial charge in [-0.1, -0.05) is 170 Å². The highest BCUT2D eigenvalue weighted by molar-refractivity contribution is 6.16. The average Bonchev–Trinajstić information content (AvgIpc) is 3.88. The Kier molecular flexibility index (Phi) is 7.54. The Morgan fingerprint density at radius 2 is 0.898 bits per heavy atom. The zero-order chi connectivity index (χ0) is 38.9. The number of rotatable bonds is 6. The summed E-state index contributed by atoms with van der Waals surface area (Å²) in [5.74, 6) is 0. The third-order valence-corrected chi connectivity index (χ3v) is 11.9. The molecule has 0 unspecified atom stereocenters. The topological polar surface area (TPSA) is 29.5 Å². The van der Waals surface area contributed by atoms with Crippen LogP contribution in [0.4, 0.5) is 17.1 Å². The summed E-state index contributed by atoms with van der Waals surface area (Å²) in [5, 5.41) is 9.23. The molecular formula is C56H35NO2. The van der Waals surface area contributed by atoms with Crippen LogP contribution < -0.4 is 4.90 Å². The third-order valence-electron chi connectivity index (χ3n) is 11.9. The van der Waals surface area contributed by atoms with E-state index in [2.05, 4.69) is 205 Å². The molecule has 3 nitrogen and oxygen atoms in total. The van der Waals surface area contributed by atoms with Crippen LogP contribution in [0.15, 0.2) is 221 Å². The predicted molar refractivity (Wildman–Crippen MR) is 247 cm³/mol. The van der Waals surface area contributed by atoms with Crippen LogP contribution in [0.2, 0.25) is 0 Å². The molecule has 10 aromatic carbocycles. The quantitative estimate of drug-likeness (QED) is 0.169. The van der Waals surface area contributed by atoms with Gasteiger partial charge in [-0.05, 0) is 86.4 Å². The minimum Gasteiger partial charge on any atom is -0.456 e. The Morgan fingerprint density at radius 1 is 0.288 bits per heavy atom. The van der Waals surface area contributed by atoms with Gasteiger partial charge in [0, 0.05) is 38.2 Å². The minimum absolute atomic E-state index is 0.840. The van der Waals surface area contributed by atoms with Gasteiger partial charge in [0.05, 0.1) is 11.4 Å². The van der Waals surface area contributed by atoms with Crippen LogP contribution in [0, 0.1) is 0 Å². The summed E-state index contributed by atoms with van der Waals surface area (Å²) in [6.07, 6.45) is 0. The summed E-state index contributed by atoms with van der Waals surface area (Å²) in [4.78, 5) is 2.37. The fraction of sp³-hybridized carbons (Fsp3) is 0. The van der Waals surface area contributed by atoms with Crippen molar-refractivity contribution in [1.82, 2.24) is 0 Å². The van der Waals surface area contributed by atoms with E-state index in [1.54, 1.807) is 0 Å². The van der Waals surface area contributed by atoms with Gasteiger partial charge >= 0.3 is 0 Å². The lowest BCUT2D eigenvalue weighted by molar-refractivity contribution is 0.669. The Hall–Kier alpha value is -7.88. The third kappa shape index (κ3) is 5.36. The number of hydrogen-bond donors (Lipinski definition) is 0. The molecule has 0 spiro atoms. The number of fused-ring (bicyclic) bond motifs is 8. The Balaban J connectivity index is 1.07. The molecule has 0 aliphatic rings. The molecule has 12 rings (SSSR count).